The van der Waals surface area contributed by atoms with E-state index >= 15 is 0 Å². The number of aryl methyl sites for hydroxylation is 1. The number of carboxylic acid groups (broad SMARTS) is 1. The highest BCUT2D eigenvalue weighted by atomic mass is 16.4. The molecule has 1 aliphatic heterocycles. The van der Waals surface area contributed by atoms with Crippen LogP contribution in [-0.4, -0.2) is 34.2 Å². The van der Waals surface area contributed by atoms with Gasteiger partial charge in [-0.3, -0.25) is 4.79 Å². The number of anilines is 1. The minimum absolute atomic E-state index is 0.0184. The Morgan fingerprint density at radius 2 is 2.05 bits per heavy atom. The maximum Gasteiger partial charge on any atom is 0.335 e. The van der Waals surface area contributed by atoms with Crippen LogP contribution in [0.25, 0.3) is 0 Å². The van der Waals surface area contributed by atoms with Gasteiger partial charge in [-0.05, 0) is 50.5 Å². The number of carbonyl (C=O) groups excluding carboxylic acids is 1. The molecule has 0 spiro atoms. The fourth-order valence-corrected chi connectivity index (χ4v) is 2.32. The topological polar surface area (TPSA) is 77.8 Å². The van der Waals surface area contributed by atoms with Crippen LogP contribution in [0.1, 0.15) is 42.6 Å². The van der Waals surface area contributed by atoms with Gasteiger partial charge in [0, 0.05) is 18.7 Å². The minimum atomic E-state index is -0.965. The van der Waals surface area contributed by atoms with Crippen LogP contribution in [0.15, 0.2) is 18.2 Å². The first kappa shape index (κ1) is 14.5. The molecule has 1 heterocycles. The first-order valence-electron chi connectivity index (χ1n) is 6.67. The van der Waals surface area contributed by atoms with E-state index in [1.807, 2.05) is 0 Å². The summed E-state index contributed by atoms with van der Waals surface area (Å²) in [5.74, 6) is -0.947. The van der Waals surface area contributed by atoms with Crippen molar-refractivity contribution in [3.05, 3.63) is 29.3 Å². The highest BCUT2D eigenvalue weighted by Crippen LogP contribution is 2.29. The molecule has 5 heteroatoms. The zero-order valence-electron chi connectivity index (χ0n) is 11.7. The molecule has 0 radical (unpaired) electrons. The largest absolute Gasteiger partial charge is 0.478 e. The predicted octanol–water partition coefficient (Wildman–Crippen LogP) is 1.83. The van der Waals surface area contributed by atoms with Crippen LogP contribution in [0.4, 0.5) is 5.69 Å². The molecule has 0 atom stereocenters. The summed E-state index contributed by atoms with van der Waals surface area (Å²) >= 11 is 0. The van der Waals surface area contributed by atoms with Gasteiger partial charge in [0.2, 0.25) is 5.91 Å². The van der Waals surface area contributed by atoms with Crippen molar-refractivity contribution in [3.8, 4) is 0 Å². The smallest absolute Gasteiger partial charge is 0.335 e. The Morgan fingerprint density at radius 1 is 1.35 bits per heavy atom. The van der Waals surface area contributed by atoms with E-state index < -0.39 is 11.6 Å². The van der Waals surface area contributed by atoms with Crippen LogP contribution in [0.5, 0.6) is 0 Å². The molecule has 5 nitrogen and oxygen atoms in total. The number of amides is 1. The molecule has 0 bridgehead atoms. The third-order valence-electron chi connectivity index (χ3n) is 3.47. The van der Waals surface area contributed by atoms with Crippen LogP contribution < -0.4 is 4.90 Å². The van der Waals surface area contributed by atoms with Crippen LogP contribution >= 0.6 is 0 Å². The molecule has 0 saturated heterocycles. The van der Waals surface area contributed by atoms with Crippen molar-refractivity contribution in [1.82, 2.24) is 0 Å². The van der Waals surface area contributed by atoms with Gasteiger partial charge in [-0.1, -0.05) is 0 Å². The summed E-state index contributed by atoms with van der Waals surface area (Å²) in [7, 11) is 0. The second-order valence-electron chi connectivity index (χ2n) is 5.76. The molecular formula is C15H19NO4. The molecule has 1 amide bonds. The van der Waals surface area contributed by atoms with Crippen molar-refractivity contribution >= 4 is 17.6 Å². The van der Waals surface area contributed by atoms with Gasteiger partial charge in [-0.15, -0.1) is 0 Å². The van der Waals surface area contributed by atoms with Gasteiger partial charge < -0.3 is 15.1 Å². The summed E-state index contributed by atoms with van der Waals surface area (Å²) < 4.78 is 0. The molecule has 1 aliphatic rings. The lowest BCUT2D eigenvalue weighted by Gasteiger charge is -2.31. The third kappa shape index (κ3) is 3.17. The Kier molecular flexibility index (Phi) is 3.81. The molecule has 108 valence electrons. The molecule has 0 saturated carbocycles. The van der Waals surface area contributed by atoms with E-state index in [2.05, 4.69) is 0 Å². The van der Waals surface area contributed by atoms with Gasteiger partial charge in [0.25, 0.3) is 0 Å². The second-order valence-corrected chi connectivity index (χ2v) is 5.76. The summed E-state index contributed by atoms with van der Waals surface area (Å²) in [4.78, 5) is 24.6. The van der Waals surface area contributed by atoms with Crippen LogP contribution in [0, 0.1) is 0 Å². The Bertz CT molecular complexity index is 545. The molecule has 0 aromatic heterocycles. The lowest BCUT2D eigenvalue weighted by molar-refractivity contribution is -0.119. The lowest BCUT2D eigenvalue weighted by Crippen LogP contribution is -2.38. The Labute approximate surface area is 117 Å². The fraction of sp³-hybridized carbons (Fsp3) is 0.467. The van der Waals surface area contributed by atoms with Gasteiger partial charge in [0.05, 0.1) is 11.2 Å². The standard InChI is InChI=1S/C15H19NO4/c1-15(2,20)7-8-16-12-5-3-11(14(18)19)9-10(12)4-6-13(16)17/h3,5,9,20H,4,6-8H2,1-2H3,(H,18,19). The third-order valence-corrected chi connectivity index (χ3v) is 3.47. The van der Waals surface area contributed by atoms with Crippen LogP contribution in [-0.2, 0) is 11.2 Å². The summed E-state index contributed by atoms with van der Waals surface area (Å²) in [6.45, 7) is 3.84. The normalized spacial score (nSPS) is 15.2. The van der Waals surface area contributed by atoms with E-state index in [9.17, 15) is 14.7 Å². The van der Waals surface area contributed by atoms with E-state index in [0.717, 1.165) is 11.3 Å². The number of carbonyl (C=O) groups is 2. The molecule has 0 unspecified atom stereocenters. The van der Waals surface area contributed by atoms with Crippen molar-refractivity contribution in [2.24, 2.45) is 0 Å². The van der Waals surface area contributed by atoms with E-state index in [1.54, 1.807) is 30.9 Å². The molecule has 0 aliphatic carbocycles. The van der Waals surface area contributed by atoms with E-state index in [1.165, 1.54) is 6.07 Å². The van der Waals surface area contributed by atoms with Crippen molar-refractivity contribution in [2.45, 2.75) is 38.7 Å². The summed E-state index contributed by atoms with van der Waals surface area (Å²) in [6.07, 6.45) is 1.41. The van der Waals surface area contributed by atoms with E-state index in [0.29, 0.717) is 25.8 Å². The fourth-order valence-electron chi connectivity index (χ4n) is 2.32. The Hall–Kier alpha value is -1.88. The van der Waals surface area contributed by atoms with Crippen LogP contribution in [0.2, 0.25) is 0 Å². The zero-order chi connectivity index (χ0) is 14.9. The summed E-state index contributed by atoms with van der Waals surface area (Å²) in [6, 6.07) is 4.82. The van der Waals surface area contributed by atoms with E-state index in [-0.39, 0.29) is 11.5 Å². The maximum atomic E-state index is 12.0. The Morgan fingerprint density at radius 3 is 2.65 bits per heavy atom. The number of nitrogens with zero attached hydrogens (tertiary/aromatic N) is 1. The quantitative estimate of drug-likeness (QED) is 0.880. The number of benzene rings is 1. The lowest BCUT2D eigenvalue weighted by atomic mass is 9.97. The number of aliphatic hydroxyl groups is 1. The number of rotatable bonds is 4. The van der Waals surface area contributed by atoms with Crippen molar-refractivity contribution in [2.75, 3.05) is 11.4 Å². The van der Waals surface area contributed by atoms with Crippen molar-refractivity contribution < 1.29 is 19.8 Å². The SMILES string of the molecule is CC(C)(O)CCN1C(=O)CCc2cc(C(=O)O)ccc21. The minimum Gasteiger partial charge on any atom is -0.478 e. The molecule has 0 fully saturated rings. The predicted molar refractivity (Wildman–Crippen MR) is 75.0 cm³/mol. The average molecular weight is 277 g/mol. The number of hydrogen-bond donors (Lipinski definition) is 2. The number of hydrogen-bond acceptors (Lipinski definition) is 3. The van der Waals surface area contributed by atoms with E-state index in [4.69, 9.17) is 5.11 Å². The highest BCUT2D eigenvalue weighted by Gasteiger charge is 2.26. The van der Waals surface area contributed by atoms with Gasteiger partial charge in [-0.25, -0.2) is 4.79 Å². The molecule has 20 heavy (non-hydrogen) atoms. The van der Waals surface area contributed by atoms with Crippen molar-refractivity contribution in [1.29, 1.82) is 0 Å². The molecule has 2 N–H and O–H groups in total. The van der Waals surface area contributed by atoms with Gasteiger partial charge in [0.15, 0.2) is 0 Å². The first-order valence-corrected chi connectivity index (χ1v) is 6.67. The first-order chi connectivity index (χ1) is 9.28. The monoisotopic (exact) mass is 277 g/mol. The average Bonchev–Trinajstić information content (AvgIpc) is 2.35. The number of aromatic carboxylic acids is 1. The molecule has 2 rings (SSSR count). The number of fused-ring (bicyclic) bond motifs is 1. The van der Waals surface area contributed by atoms with Gasteiger partial charge >= 0.3 is 5.97 Å². The highest BCUT2D eigenvalue weighted by molar-refractivity contribution is 5.97. The van der Waals surface area contributed by atoms with Gasteiger partial charge in [0.1, 0.15) is 0 Å². The zero-order valence-corrected chi connectivity index (χ0v) is 11.7. The van der Waals surface area contributed by atoms with Crippen LogP contribution in [0.3, 0.4) is 0 Å². The van der Waals surface area contributed by atoms with Gasteiger partial charge in [-0.2, -0.15) is 0 Å². The second kappa shape index (κ2) is 5.25. The molecule has 1 aromatic carbocycles. The number of carboxylic acids is 1. The molecule has 1 aromatic rings. The van der Waals surface area contributed by atoms with Crippen molar-refractivity contribution in [3.63, 3.8) is 0 Å². The summed E-state index contributed by atoms with van der Waals surface area (Å²) in [5, 5.41) is 18.8. The molecular weight excluding hydrogens is 258 g/mol. The maximum absolute atomic E-state index is 12.0. The summed E-state index contributed by atoms with van der Waals surface area (Å²) in [5.41, 5.74) is 1.04. The Balaban J connectivity index is 2.27.